The number of primary amides is 1. The smallest absolute Gasteiger partial charge is 0.249 e. The molecule has 34 heavy (non-hydrogen) atoms. The zero-order valence-corrected chi connectivity index (χ0v) is 18.8. The second-order valence-electron chi connectivity index (χ2n) is 7.80. The van der Waals surface area contributed by atoms with Crippen molar-refractivity contribution in [3.63, 3.8) is 0 Å². The van der Waals surface area contributed by atoms with Crippen molar-refractivity contribution in [2.24, 2.45) is 5.73 Å². The summed E-state index contributed by atoms with van der Waals surface area (Å²) >= 11 is 12.4. The van der Waals surface area contributed by atoms with Crippen molar-refractivity contribution in [1.29, 1.82) is 0 Å². The Kier molecular flexibility index (Phi) is 5.50. The molecule has 0 fully saturated rings. The Labute approximate surface area is 202 Å². The number of hydrogen-bond acceptors (Lipinski definition) is 1. The first-order chi connectivity index (χ1) is 16.2. The van der Waals surface area contributed by atoms with E-state index in [9.17, 15) is 18.0 Å². The van der Waals surface area contributed by atoms with Gasteiger partial charge in [-0.2, -0.15) is 0 Å². The molecular weight excluding hydrogens is 484 g/mol. The van der Waals surface area contributed by atoms with Crippen molar-refractivity contribution in [2.45, 2.75) is 6.54 Å². The molecule has 0 aliphatic heterocycles. The number of rotatable bonds is 4. The second kappa shape index (κ2) is 8.38. The maximum Gasteiger partial charge on any atom is 0.249 e. The summed E-state index contributed by atoms with van der Waals surface area (Å²) in [6.07, 6.45) is 0. The summed E-state index contributed by atoms with van der Waals surface area (Å²) in [4.78, 5) is 12.1. The molecule has 169 valence electrons. The van der Waals surface area contributed by atoms with Gasteiger partial charge in [0.1, 0.15) is 0 Å². The van der Waals surface area contributed by atoms with Gasteiger partial charge in [-0.05, 0) is 65.7 Å². The van der Waals surface area contributed by atoms with Crippen molar-refractivity contribution in [3.8, 4) is 11.1 Å². The average Bonchev–Trinajstić information content (AvgIpc) is 3.10. The Bertz CT molecular complexity index is 1610. The van der Waals surface area contributed by atoms with Crippen molar-refractivity contribution < 1.29 is 18.0 Å². The first-order valence-electron chi connectivity index (χ1n) is 10.1. The monoisotopic (exact) mass is 497 g/mol. The van der Waals surface area contributed by atoms with E-state index in [0.29, 0.717) is 37.4 Å². The Balaban J connectivity index is 1.80. The van der Waals surface area contributed by atoms with Crippen LogP contribution in [0, 0.1) is 23.5 Å². The summed E-state index contributed by atoms with van der Waals surface area (Å²) in [7, 11) is 0. The molecule has 4 aromatic carbocycles. The molecule has 0 saturated heterocycles. The SMILES string of the molecule is NC(=O)c1cccc2c1c1[c]cc(-c3ccc(Cl)cc3Cl)cc1n2Cc1cc(F)c(F)c(F)c1. The van der Waals surface area contributed by atoms with Gasteiger partial charge in [-0.25, -0.2) is 13.2 Å². The number of halogens is 5. The molecule has 0 aliphatic carbocycles. The van der Waals surface area contributed by atoms with E-state index >= 15 is 0 Å². The normalized spacial score (nSPS) is 11.4. The van der Waals surface area contributed by atoms with Crippen LogP contribution in [0.3, 0.4) is 0 Å². The highest BCUT2D eigenvalue weighted by Gasteiger charge is 2.19. The summed E-state index contributed by atoms with van der Waals surface area (Å²) in [5, 5.41) is 2.07. The van der Waals surface area contributed by atoms with Gasteiger partial charge < -0.3 is 10.3 Å². The minimum Gasteiger partial charge on any atom is -0.366 e. The van der Waals surface area contributed by atoms with Gasteiger partial charge in [0.15, 0.2) is 17.5 Å². The van der Waals surface area contributed by atoms with Crippen LogP contribution >= 0.6 is 23.2 Å². The fraction of sp³-hybridized carbons (Fsp3) is 0.0385. The van der Waals surface area contributed by atoms with Gasteiger partial charge in [-0.3, -0.25) is 4.79 Å². The summed E-state index contributed by atoms with van der Waals surface area (Å²) in [5.74, 6) is -4.72. The number of nitrogens with zero attached hydrogens (tertiary/aromatic N) is 1. The molecule has 0 aliphatic rings. The van der Waals surface area contributed by atoms with Gasteiger partial charge in [0.2, 0.25) is 5.91 Å². The van der Waals surface area contributed by atoms with Crippen LogP contribution in [0.15, 0.2) is 60.7 Å². The lowest BCUT2D eigenvalue weighted by Crippen LogP contribution is -2.11. The number of hydrogen-bond donors (Lipinski definition) is 1. The van der Waals surface area contributed by atoms with Gasteiger partial charge in [-0.1, -0.05) is 35.3 Å². The van der Waals surface area contributed by atoms with Gasteiger partial charge in [-0.15, -0.1) is 0 Å². The molecule has 0 spiro atoms. The van der Waals surface area contributed by atoms with E-state index in [1.807, 2.05) is 6.07 Å². The van der Waals surface area contributed by atoms with Crippen LogP contribution < -0.4 is 5.73 Å². The van der Waals surface area contributed by atoms with E-state index in [4.69, 9.17) is 28.9 Å². The molecule has 3 nitrogen and oxygen atoms in total. The number of benzene rings is 4. The van der Waals surface area contributed by atoms with Gasteiger partial charge in [0.25, 0.3) is 0 Å². The maximum atomic E-state index is 13.9. The fourth-order valence-electron chi connectivity index (χ4n) is 4.19. The third-order valence-corrected chi connectivity index (χ3v) is 6.23. The standard InChI is InChI=1S/C26H14Cl2F3N2O/c27-15-5-7-16(19(28)11-15)14-4-6-17-23(10-14)33(12-13-8-20(29)25(31)21(30)9-13)22-3-1-2-18(24(17)22)26(32)34/h1-5,7-11H,12H2,(H2,32,34). The van der Waals surface area contributed by atoms with Crippen LogP contribution in [0.2, 0.25) is 10.0 Å². The molecule has 1 aromatic heterocycles. The summed E-state index contributed by atoms with van der Waals surface area (Å²) in [6, 6.07) is 18.8. The van der Waals surface area contributed by atoms with E-state index in [-0.39, 0.29) is 17.7 Å². The first-order valence-corrected chi connectivity index (χ1v) is 10.9. The van der Waals surface area contributed by atoms with Crippen LogP contribution in [0.25, 0.3) is 32.9 Å². The van der Waals surface area contributed by atoms with Crippen LogP contribution in [-0.4, -0.2) is 10.5 Å². The average molecular weight is 498 g/mol. The number of aromatic nitrogens is 1. The lowest BCUT2D eigenvalue weighted by molar-refractivity contribution is 0.100. The molecule has 2 N–H and O–H groups in total. The van der Waals surface area contributed by atoms with Crippen LogP contribution in [0.4, 0.5) is 13.2 Å². The van der Waals surface area contributed by atoms with Crippen molar-refractivity contribution in [3.05, 3.63) is 105 Å². The summed E-state index contributed by atoms with van der Waals surface area (Å²) in [5.41, 5.74) is 8.75. The molecule has 0 atom stereocenters. The van der Waals surface area contributed by atoms with E-state index in [2.05, 4.69) is 6.07 Å². The van der Waals surface area contributed by atoms with E-state index < -0.39 is 23.4 Å². The van der Waals surface area contributed by atoms with E-state index in [1.54, 1.807) is 47.0 Å². The highest BCUT2D eigenvalue weighted by molar-refractivity contribution is 6.36. The Morgan fingerprint density at radius 1 is 0.971 bits per heavy atom. The Hall–Kier alpha value is -3.48. The lowest BCUT2D eigenvalue weighted by atomic mass is 10.0. The van der Waals surface area contributed by atoms with Crippen molar-refractivity contribution >= 4 is 50.9 Å². The van der Waals surface area contributed by atoms with Gasteiger partial charge in [0.05, 0.1) is 11.0 Å². The zero-order valence-electron chi connectivity index (χ0n) is 17.3. The second-order valence-corrected chi connectivity index (χ2v) is 8.64. The fourth-order valence-corrected chi connectivity index (χ4v) is 4.71. The third kappa shape index (κ3) is 3.69. The first kappa shape index (κ1) is 22.3. The minimum absolute atomic E-state index is 0.00196. The molecule has 1 heterocycles. The zero-order chi connectivity index (χ0) is 24.1. The van der Waals surface area contributed by atoms with Crippen molar-refractivity contribution in [1.82, 2.24) is 4.57 Å². The number of nitrogens with two attached hydrogens (primary N) is 1. The maximum absolute atomic E-state index is 13.9. The number of carbonyl (C=O) groups is 1. The minimum atomic E-state index is -1.53. The highest BCUT2D eigenvalue weighted by atomic mass is 35.5. The summed E-state index contributed by atoms with van der Waals surface area (Å²) in [6.45, 7) is 0.00196. The molecule has 5 rings (SSSR count). The Morgan fingerprint density at radius 3 is 2.38 bits per heavy atom. The molecular formula is C26H14Cl2F3N2O. The molecule has 0 saturated carbocycles. The number of fused-ring (bicyclic) bond motifs is 3. The quantitative estimate of drug-likeness (QED) is 0.263. The molecule has 5 aromatic rings. The third-order valence-electron chi connectivity index (χ3n) is 5.69. The lowest BCUT2D eigenvalue weighted by Gasteiger charge is -2.10. The molecule has 8 heteroatoms. The Morgan fingerprint density at radius 2 is 1.71 bits per heavy atom. The van der Waals surface area contributed by atoms with Crippen LogP contribution in [-0.2, 0) is 6.54 Å². The molecule has 0 bridgehead atoms. The van der Waals surface area contributed by atoms with Crippen LogP contribution in [0.1, 0.15) is 15.9 Å². The van der Waals surface area contributed by atoms with Crippen molar-refractivity contribution in [2.75, 3.05) is 0 Å². The summed E-state index contributed by atoms with van der Waals surface area (Å²) < 4.78 is 43.1. The van der Waals surface area contributed by atoms with Crippen LogP contribution in [0.5, 0.6) is 0 Å². The molecule has 1 amide bonds. The number of amides is 1. The predicted molar refractivity (Wildman–Crippen MR) is 128 cm³/mol. The van der Waals surface area contributed by atoms with Gasteiger partial charge >= 0.3 is 0 Å². The number of carbonyl (C=O) groups excluding carboxylic acids is 1. The largest absolute Gasteiger partial charge is 0.366 e. The highest BCUT2D eigenvalue weighted by Crippen LogP contribution is 2.37. The van der Waals surface area contributed by atoms with E-state index in [0.717, 1.165) is 17.7 Å². The molecule has 1 radical (unpaired) electrons. The van der Waals surface area contributed by atoms with Gasteiger partial charge in [0, 0.05) is 38.5 Å². The predicted octanol–water partition coefficient (Wildman–Crippen LogP) is 7.13. The molecule has 0 unspecified atom stereocenters. The van der Waals surface area contributed by atoms with E-state index in [1.165, 1.54) is 0 Å². The topological polar surface area (TPSA) is 48.0 Å².